The van der Waals surface area contributed by atoms with Crippen molar-refractivity contribution < 1.29 is 5.11 Å². The molecule has 2 heterocycles. The third-order valence-electron chi connectivity index (χ3n) is 3.37. The normalized spacial score (nSPS) is 24.7. The van der Waals surface area contributed by atoms with Crippen molar-refractivity contribution in [3.63, 3.8) is 0 Å². The molecule has 2 N–H and O–H groups in total. The highest BCUT2D eigenvalue weighted by molar-refractivity contribution is 5.02. The molecule has 1 saturated heterocycles. The van der Waals surface area contributed by atoms with Gasteiger partial charge in [0.2, 0.25) is 0 Å². The van der Waals surface area contributed by atoms with Crippen LogP contribution in [0.15, 0.2) is 6.33 Å². The highest BCUT2D eigenvalue weighted by Gasteiger charge is 2.34. The first kappa shape index (κ1) is 12.5. The Labute approximate surface area is 102 Å². The van der Waals surface area contributed by atoms with Crippen LogP contribution in [-0.4, -0.2) is 38.6 Å². The lowest BCUT2D eigenvalue weighted by molar-refractivity contribution is 0.173. The molecule has 1 atom stereocenters. The summed E-state index contributed by atoms with van der Waals surface area (Å²) in [6.45, 7) is 6.37. The highest BCUT2D eigenvalue weighted by Crippen LogP contribution is 2.22. The fourth-order valence-corrected chi connectivity index (χ4v) is 2.44. The predicted molar refractivity (Wildman–Crippen MR) is 65.6 cm³/mol. The average Bonchev–Trinajstić information content (AvgIpc) is 2.90. The van der Waals surface area contributed by atoms with Crippen LogP contribution in [-0.2, 0) is 13.0 Å². The molecule has 17 heavy (non-hydrogen) atoms. The maximum absolute atomic E-state index is 9.57. The number of hydrogen-bond acceptors (Lipinski definition) is 4. The summed E-state index contributed by atoms with van der Waals surface area (Å²) >= 11 is 0. The van der Waals surface area contributed by atoms with Crippen LogP contribution in [0.25, 0.3) is 0 Å². The van der Waals surface area contributed by atoms with E-state index in [0.717, 1.165) is 38.2 Å². The predicted octanol–water partition coefficient (Wildman–Crippen LogP) is 0.591. The van der Waals surface area contributed by atoms with Gasteiger partial charge in [0.05, 0.1) is 6.61 Å². The molecule has 0 aliphatic carbocycles. The Morgan fingerprint density at radius 2 is 2.41 bits per heavy atom. The van der Waals surface area contributed by atoms with E-state index in [1.165, 1.54) is 0 Å². The molecule has 1 aromatic rings. The van der Waals surface area contributed by atoms with Gasteiger partial charge in [0.25, 0.3) is 0 Å². The van der Waals surface area contributed by atoms with E-state index in [0.29, 0.717) is 5.92 Å². The van der Waals surface area contributed by atoms with Crippen LogP contribution < -0.4 is 5.32 Å². The summed E-state index contributed by atoms with van der Waals surface area (Å²) in [4.78, 5) is 4.33. The fraction of sp³-hybridized carbons (Fsp3) is 0.833. The molecule has 0 radical (unpaired) electrons. The summed E-state index contributed by atoms with van der Waals surface area (Å²) in [6, 6.07) is 0. The second kappa shape index (κ2) is 5.14. The SMILES string of the molecule is CC(C)Cn1ncnc1CC1(CO)CCCN1. The molecular weight excluding hydrogens is 216 g/mol. The van der Waals surface area contributed by atoms with Gasteiger partial charge in [-0.15, -0.1) is 0 Å². The third kappa shape index (κ3) is 2.84. The van der Waals surface area contributed by atoms with E-state index < -0.39 is 0 Å². The van der Waals surface area contributed by atoms with Crippen LogP contribution >= 0.6 is 0 Å². The molecule has 2 rings (SSSR count). The number of nitrogens with zero attached hydrogens (tertiary/aromatic N) is 3. The van der Waals surface area contributed by atoms with E-state index in [9.17, 15) is 5.11 Å². The molecule has 0 bridgehead atoms. The minimum Gasteiger partial charge on any atom is -0.394 e. The molecule has 1 unspecified atom stereocenters. The minimum absolute atomic E-state index is 0.168. The van der Waals surface area contributed by atoms with Gasteiger partial charge in [-0.3, -0.25) is 0 Å². The standard InChI is InChI=1S/C12H22N4O/c1-10(2)7-16-11(13-9-15-16)6-12(8-17)4-3-5-14-12/h9-10,14,17H,3-8H2,1-2H3. The lowest BCUT2D eigenvalue weighted by Gasteiger charge is -2.26. The number of aliphatic hydroxyl groups is 1. The largest absolute Gasteiger partial charge is 0.394 e. The smallest absolute Gasteiger partial charge is 0.138 e. The number of aromatic nitrogens is 3. The lowest BCUT2D eigenvalue weighted by atomic mass is 9.94. The van der Waals surface area contributed by atoms with Crippen molar-refractivity contribution in [1.29, 1.82) is 0 Å². The van der Waals surface area contributed by atoms with Crippen LogP contribution in [0.4, 0.5) is 0 Å². The topological polar surface area (TPSA) is 63.0 Å². The van der Waals surface area contributed by atoms with Gasteiger partial charge in [-0.05, 0) is 25.3 Å². The summed E-state index contributed by atoms with van der Waals surface area (Å²) < 4.78 is 1.96. The van der Waals surface area contributed by atoms with Crippen molar-refractivity contribution >= 4 is 0 Å². The molecule has 5 nitrogen and oxygen atoms in total. The van der Waals surface area contributed by atoms with Crippen molar-refractivity contribution in [3.8, 4) is 0 Å². The summed E-state index contributed by atoms with van der Waals surface area (Å²) in [7, 11) is 0. The molecule has 1 aromatic heterocycles. The third-order valence-corrected chi connectivity index (χ3v) is 3.37. The number of nitrogens with one attached hydrogen (secondary N) is 1. The molecule has 0 saturated carbocycles. The molecule has 0 spiro atoms. The summed E-state index contributed by atoms with van der Waals surface area (Å²) in [5.41, 5.74) is -0.179. The monoisotopic (exact) mass is 238 g/mol. The molecule has 1 aliphatic heterocycles. The van der Waals surface area contributed by atoms with Crippen molar-refractivity contribution in [3.05, 3.63) is 12.2 Å². The molecule has 0 aromatic carbocycles. The van der Waals surface area contributed by atoms with Gasteiger partial charge in [0.1, 0.15) is 12.2 Å². The number of rotatable bonds is 5. The Balaban J connectivity index is 2.09. The number of aliphatic hydroxyl groups excluding tert-OH is 1. The summed E-state index contributed by atoms with van der Waals surface area (Å²) in [6.07, 6.45) is 4.50. The van der Waals surface area contributed by atoms with Crippen molar-refractivity contribution in [2.75, 3.05) is 13.2 Å². The zero-order chi connectivity index (χ0) is 12.3. The van der Waals surface area contributed by atoms with E-state index in [4.69, 9.17) is 0 Å². The van der Waals surface area contributed by atoms with E-state index >= 15 is 0 Å². The van der Waals surface area contributed by atoms with Gasteiger partial charge in [0.15, 0.2) is 0 Å². The van der Waals surface area contributed by atoms with Gasteiger partial charge >= 0.3 is 0 Å². The highest BCUT2D eigenvalue weighted by atomic mass is 16.3. The van der Waals surface area contributed by atoms with E-state index in [-0.39, 0.29) is 12.1 Å². The van der Waals surface area contributed by atoms with Crippen molar-refractivity contribution in [2.24, 2.45) is 5.92 Å². The van der Waals surface area contributed by atoms with Gasteiger partial charge < -0.3 is 10.4 Å². The fourth-order valence-electron chi connectivity index (χ4n) is 2.44. The first-order valence-corrected chi connectivity index (χ1v) is 6.38. The van der Waals surface area contributed by atoms with E-state index in [1.54, 1.807) is 6.33 Å². The molecule has 1 fully saturated rings. The zero-order valence-electron chi connectivity index (χ0n) is 10.7. The maximum atomic E-state index is 9.57. The lowest BCUT2D eigenvalue weighted by Crippen LogP contribution is -2.46. The molecule has 1 aliphatic rings. The van der Waals surface area contributed by atoms with Crippen LogP contribution in [0.5, 0.6) is 0 Å². The Bertz CT molecular complexity index is 355. The molecular formula is C12H22N4O. The van der Waals surface area contributed by atoms with E-state index in [1.807, 2.05) is 4.68 Å². The zero-order valence-corrected chi connectivity index (χ0v) is 10.7. The quantitative estimate of drug-likeness (QED) is 0.788. The Morgan fingerprint density at radius 1 is 1.59 bits per heavy atom. The van der Waals surface area contributed by atoms with Gasteiger partial charge in [-0.25, -0.2) is 9.67 Å². The average molecular weight is 238 g/mol. The molecule has 96 valence electrons. The van der Waals surface area contributed by atoms with Gasteiger partial charge in [-0.1, -0.05) is 13.8 Å². The summed E-state index contributed by atoms with van der Waals surface area (Å²) in [5.74, 6) is 1.53. The van der Waals surface area contributed by atoms with Crippen LogP contribution in [0, 0.1) is 5.92 Å². The Kier molecular flexibility index (Phi) is 3.79. The minimum atomic E-state index is -0.179. The molecule has 5 heteroatoms. The first-order valence-electron chi connectivity index (χ1n) is 6.38. The maximum Gasteiger partial charge on any atom is 0.138 e. The summed E-state index contributed by atoms with van der Waals surface area (Å²) in [5, 5.41) is 17.2. The second-order valence-corrected chi connectivity index (χ2v) is 5.40. The van der Waals surface area contributed by atoms with Crippen LogP contribution in [0.2, 0.25) is 0 Å². The molecule has 0 amide bonds. The number of hydrogen-bond donors (Lipinski definition) is 2. The Hall–Kier alpha value is -0.940. The first-order chi connectivity index (χ1) is 8.15. The van der Waals surface area contributed by atoms with E-state index in [2.05, 4.69) is 29.2 Å². The van der Waals surface area contributed by atoms with Crippen molar-refractivity contribution in [1.82, 2.24) is 20.1 Å². The Morgan fingerprint density at radius 3 is 3.00 bits per heavy atom. The van der Waals surface area contributed by atoms with Crippen LogP contribution in [0.1, 0.15) is 32.5 Å². The van der Waals surface area contributed by atoms with Crippen molar-refractivity contribution in [2.45, 2.75) is 45.2 Å². The van der Waals surface area contributed by atoms with Crippen LogP contribution in [0.3, 0.4) is 0 Å². The second-order valence-electron chi connectivity index (χ2n) is 5.40. The van der Waals surface area contributed by atoms with Gasteiger partial charge in [-0.2, -0.15) is 5.10 Å². The van der Waals surface area contributed by atoms with Gasteiger partial charge in [0, 0.05) is 18.5 Å².